The third-order valence-corrected chi connectivity index (χ3v) is 5.86. The Balaban J connectivity index is 0.00000114. The minimum absolute atomic E-state index is 0.160. The van der Waals surface area contributed by atoms with Crippen LogP contribution in [0.1, 0.15) is 53.6 Å². The van der Waals surface area contributed by atoms with Gasteiger partial charge in [0.15, 0.2) is 0 Å². The minimum Gasteiger partial charge on any atom is -0.483 e. The number of amides is 1. The summed E-state index contributed by atoms with van der Waals surface area (Å²) in [5.41, 5.74) is 3.37. The number of nitrogens with one attached hydrogen (secondary N) is 1. The zero-order valence-electron chi connectivity index (χ0n) is 18.8. The van der Waals surface area contributed by atoms with E-state index in [9.17, 15) is 4.79 Å². The summed E-state index contributed by atoms with van der Waals surface area (Å²) >= 11 is 0. The predicted molar refractivity (Wildman–Crippen MR) is 127 cm³/mol. The number of hydrogen-bond acceptors (Lipinski definition) is 4. The minimum atomic E-state index is -0.250. The van der Waals surface area contributed by atoms with Crippen LogP contribution in [0.25, 0.3) is 0 Å². The van der Waals surface area contributed by atoms with Gasteiger partial charge in [0.25, 0.3) is 12.4 Å². The number of aliphatic hydroxyl groups excluding tert-OH is 1. The van der Waals surface area contributed by atoms with Crippen LogP contribution >= 0.6 is 0 Å². The van der Waals surface area contributed by atoms with E-state index in [4.69, 9.17) is 15.0 Å². The van der Waals surface area contributed by atoms with Crippen molar-refractivity contribution in [2.45, 2.75) is 45.1 Å². The number of carbonyl (C=O) groups is 2. The third-order valence-electron chi connectivity index (χ3n) is 5.86. The molecule has 0 aliphatic carbocycles. The van der Waals surface area contributed by atoms with Gasteiger partial charge in [-0.1, -0.05) is 42.5 Å². The monoisotopic (exact) mass is 440 g/mol. The Morgan fingerprint density at radius 2 is 1.66 bits per heavy atom. The molecular formula is C26H36N2O4. The Labute approximate surface area is 191 Å². The molecule has 0 atom stereocenters. The number of nitrogens with zero attached hydrogens (tertiary/aromatic N) is 1. The maximum absolute atomic E-state index is 12.8. The first kappa shape index (κ1) is 25.6. The van der Waals surface area contributed by atoms with Gasteiger partial charge in [-0.05, 0) is 74.2 Å². The Kier molecular flexibility index (Phi) is 12.1. The fourth-order valence-electron chi connectivity index (χ4n) is 4.05. The maximum Gasteiger partial charge on any atom is 0.290 e. The molecule has 3 N–H and O–H groups in total. The van der Waals surface area contributed by atoms with E-state index in [2.05, 4.69) is 35.6 Å². The lowest BCUT2D eigenvalue weighted by molar-refractivity contribution is -0.122. The zero-order valence-corrected chi connectivity index (χ0v) is 18.8. The molecule has 6 nitrogen and oxygen atoms in total. The average molecular weight is 441 g/mol. The van der Waals surface area contributed by atoms with Gasteiger partial charge in [-0.2, -0.15) is 0 Å². The van der Waals surface area contributed by atoms with Gasteiger partial charge < -0.3 is 20.4 Å². The highest BCUT2D eigenvalue weighted by molar-refractivity contribution is 5.94. The number of carbonyl (C=O) groups excluding carboxylic acids is 1. The van der Waals surface area contributed by atoms with Crippen LogP contribution in [-0.2, 0) is 17.8 Å². The first-order chi connectivity index (χ1) is 15.7. The molecule has 0 saturated carbocycles. The molecule has 2 aromatic carbocycles. The average Bonchev–Trinajstić information content (AvgIpc) is 2.83. The largest absolute Gasteiger partial charge is 0.483 e. The van der Waals surface area contributed by atoms with Crippen LogP contribution in [0.15, 0.2) is 54.6 Å². The molecule has 1 amide bonds. The van der Waals surface area contributed by atoms with Crippen molar-refractivity contribution in [1.82, 2.24) is 10.2 Å². The van der Waals surface area contributed by atoms with Gasteiger partial charge in [-0.25, -0.2) is 0 Å². The molecule has 0 spiro atoms. The number of carboxylic acid groups (broad SMARTS) is 1. The molecule has 2 aromatic rings. The highest BCUT2D eigenvalue weighted by Crippen LogP contribution is 2.24. The smallest absolute Gasteiger partial charge is 0.290 e. The van der Waals surface area contributed by atoms with Crippen LogP contribution in [0.2, 0.25) is 0 Å². The molecule has 1 fully saturated rings. The molecule has 0 aromatic heterocycles. The summed E-state index contributed by atoms with van der Waals surface area (Å²) in [6.07, 6.45) is 6.64. The Morgan fingerprint density at radius 3 is 2.28 bits per heavy atom. The summed E-state index contributed by atoms with van der Waals surface area (Å²) in [6.45, 7) is 3.28. The van der Waals surface area contributed by atoms with Crippen LogP contribution in [0.5, 0.6) is 0 Å². The van der Waals surface area contributed by atoms with E-state index < -0.39 is 0 Å². The first-order valence-electron chi connectivity index (χ1n) is 11.5. The van der Waals surface area contributed by atoms with Gasteiger partial charge in [0.1, 0.15) is 0 Å². The van der Waals surface area contributed by atoms with Crippen molar-refractivity contribution in [1.29, 1.82) is 0 Å². The van der Waals surface area contributed by atoms with E-state index in [1.54, 1.807) is 0 Å². The van der Waals surface area contributed by atoms with E-state index in [1.165, 1.54) is 18.4 Å². The van der Waals surface area contributed by atoms with E-state index in [1.807, 2.05) is 29.2 Å². The molecule has 174 valence electrons. The highest BCUT2D eigenvalue weighted by atomic mass is 16.3. The summed E-state index contributed by atoms with van der Waals surface area (Å²) in [4.78, 5) is 23.2. The van der Waals surface area contributed by atoms with Gasteiger partial charge in [-0.15, -0.1) is 0 Å². The molecule has 0 radical (unpaired) electrons. The lowest BCUT2D eigenvalue weighted by Gasteiger charge is -2.32. The number of likely N-dealkylation sites (tertiary alicyclic amines) is 1. The Bertz CT molecular complexity index is 772. The van der Waals surface area contributed by atoms with Crippen molar-refractivity contribution in [3.63, 3.8) is 0 Å². The molecule has 1 aliphatic heterocycles. The second kappa shape index (κ2) is 15.2. The van der Waals surface area contributed by atoms with E-state index >= 15 is 0 Å². The van der Waals surface area contributed by atoms with Gasteiger partial charge in [0, 0.05) is 31.8 Å². The second-order valence-corrected chi connectivity index (χ2v) is 8.17. The van der Waals surface area contributed by atoms with E-state index in [0.29, 0.717) is 0 Å². The molecular weight excluding hydrogens is 404 g/mol. The van der Waals surface area contributed by atoms with Crippen molar-refractivity contribution in [2.24, 2.45) is 5.92 Å². The molecule has 6 heteroatoms. The molecule has 3 rings (SSSR count). The molecule has 32 heavy (non-hydrogen) atoms. The predicted octanol–water partition coefficient (Wildman–Crippen LogP) is 3.73. The van der Waals surface area contributed by atoms with E-state index in [0.717, 1.165) is 68.9 Å². The van der Waals surface area contributed by atoms with Gasteiger partial charge in [-0.3, -0.25) is 9.59 Å². The van der Waals surface area contributed by atoms with E-state index in [-0.39, 0.29) is 19.0 Å². The van der Waals surface area contributed by atoms with Gasteiger partial charge >= 0.3 is 0 Å². The molecule has 0 bridgehead atoms. The quantitative estimate of drug-likeness (QED) is 0.387. The maximum atomic E-state index is 12.8. The van der Waals surface area contributed by atoms with Crippen molar-refractivity contribution >= 4 is 12.4 Å². The fourth-order valence-corrected chi connectivity index (χ4v) is 4.05. The SMILES string of the molecule is O=C(c1ccc(CNCCCO)cc1)N1CCC(CCCc2ccccc2)CC1.O=CO. The number of piperidine rings is 1. The lowest BCUT2D eigenvalue weighted by atomic mass is 9.90. The van der Waals surface area contributed by atoms with Crippen LogP contribution in [0, 0.1) is 5.92 Å². The third kappa shape index (κ3) is 9.20. The second-order valence-electron chi connectivity index (χ2n) is 8.17. The number of aliphatic hydroxyl groups is 1. The summed E-state index contributed by atoms with van der Waals surface area (Å²) in [5.74, 6) is 0.905. The molecule has 1 heterocycles. The molecule has 1 saturated heterocycles. The van der Waals surface area contributed by atoms with Gasteiger partial charge in [0.05, 0.1) is 0 Å². The summed E-state index contributed by atoms with van der Waals surface area (Å²) in [7, 11) is 0. The van der Waals surface area contributed by atoms with Crippen molar-refractivity contribution < 1.29 is 19.8 Å². The lowest BCUT2D eigenvalue weighted by Crippen LogP contribution is -2.38. The standard InChI is InChI=1S/C25H34N2O2.CH2O2/c28-19-5-16-26-20-23-10-12-24(13-11-23)25(29)27-17-14-22(15-18-27)9-4-8-21-6-2-1-3-7-21;2-1-3/h1-3,6-7,10-13,22,26,28H,4-5,8-9,14-20H2;1H,(H,2,3). The number of hydrogen-bond donors (Lipinski definition) is 3. The summed E-state index contributed by atoms with van der Waals surface area (Å²) in [5, 5.41) is 19.0. The number of benzene rings is 2. The van der Waals surface area contributed by atoms with Crippen LogP contribution in [-0.4, -0.2) is 53.7 Å². The van der Waals surface area contributed by atoms with Gasteiger partial charge in [0.2, 0.25) is 0 Å². The van der Waals surface area contributed by atoms with Crippen LogP contribution < -0.4 is 5.32 Å². The Hall–Kier alpha value is -2.70. The van der Waals surface area contributed by atoms with Crippen LogP contribution in [0.4, 0.5) is 0 Å². The first-order valence-corrected chi connectivity index (χ1v) is 11.5. The fraction of sp³-hybridized carbons (Fsp3) is 0.462. The number of rotatable bonds is 10. The molecule has 0 unspecified atom stereocenters. The van der Waals surface area contributed by atoms with Crippen LogP contribution in [0.3, 0.4) is 0 Å². The molecule has 1 aliphatic rings. The highest BCUT2D eigenvalue weighted by Gasteiger charge is 2.23. The number of aryl methyl sites for hydroxylation is 1. The van der Waals surface area contributed by atoms with Crippen molar-refractivity contribution in [3.8, 4) is 0 Å². The van der Waals surface area contributed by atoms with Crippen molar-refractivity contribution in [2.75, 3.05) is 26.2 Å². The topological polar surface area (TPSA) is 89.9 Å². The summed E-state index contributed by atoms with van der Waals surface area (Å²) in [6, 6.07) is 18.6. The van der Waals surface area contributed by atoms with Crippen molar-refractivity contribution in [3.05, 3.63) is 71.3 Å². The zero-order chi connectivity index (χ0) is 23.0. The Morgan fingerprint density at radius 1 is 1.00 bits per heavy atom. The summed E-state index contributed by atoms with van der Waals surface area (Å²) < 4.78 is 0. The normalized spacial score (nSPS) is 13.8.